The van der Waals surface area contributed by atoms with Gasteiger partial charge in [0.2, 0.25) is 0 Å². The van der Waals surface area contributed by atoms with Gasteiger partial charge in [-0.3, -0.25) is 4.90 Å². The standard InChI is InChI=1S/C17H15ClN2OS/c1-17-10-14(13-4-2-3-5-15(13)21-17)19-16(22)20(17)12-8-6-11(18)7-9-12/h2-9,14H,10H2,1H3,(H,19,22). The molecule has 2 aromatic rings. The van der Waals surface area contributed by atoms with Crippen LogP contribution in [0.1, 0.15) is 24.9 Å². The molecule has 1 saturated heterocycles. The molecule has 0 spiro atoms. The molecule has 4 rings (SSSR count). The van der Waals surface area contributed by atoms with Crippen LogP contribution in [0.4, 0.5) is 5.69 Å². The van der Waals surface area contributed by atoms with E-state index in [2.05, 4.69) is 18.3 Å². The van der Waals surface area contributed by atoms with Crippen LogP contribution in [0.25, 0.3) is 0 Å². The minimum Gasteiger partial charge on any atom is -0.467 e. The van der Waals surface area contributed by atoms with Crippen molar-refractivity contribution in [2.45, 2.75) is 25.1 Å². The smallest absolute Gasteiger partial charge is 0.188 e. The third-order valence-corrected chi connectivity index (χ3v) is 4.82. The number of benzene rings is 2. The molecule has 2 aromatic carbocycles. The molecule has 1 N–H and O–H groups in total. The predicted octanol–water partition coefficient (Wildman–Crippen LogP) is 4.27. The minimum atomic E-state index is -0.505. The van der Waals surface area contributed by atoms with Gasteiger partial charge in [0.15, 0.2) is 10.8 Å². The van der Waals surface area contributed by atoms with E-state index in [1.165, 1.54) is 0 Å². The van der Waals surface area contributed by atoms with Crippen LogP contribution >= 0.6 is 23.8 Å². The number of hydrogen-bond acceptors (Lipinski definition) is 2. The quantitative estimate of drug-likeness (QED) is 0.789. The second-order valence-corrected chi connectivity index (χ2v) is 6.66. The van der Waals surface area contributed by atoms with Crippen molar-refractivity contribution in [3.63, 3.8) is 0 Å². The average Bonchev–Trinajstić information content (AvgIpc) is 2.48. The molecule has 1 fully saturated rings. The molecule has 2 aliphatic rings. The molecule has 112 valence electrons. The van der Waals surface area contributed by atoms with E-state index in [0.717, 1.165) is 23.4 Å². The molecule has 0 radical (unpaired) electrons. The number of thiocarbonyl (C=S) groups is 1. The van der Waals surface area contributed by atoms with Gasteiger partial charge in [0, 0.05) is 22.7 Å². The van der Waals surface area contributed by atoms with Crippen LogP contribution in [-0.2, 0) is 0 Å². The summed E-state index contributed by atoms with van der Waals surface area (Å²) in [5.74, 6) is 0.912. The molecule has 0 amide bonds. The molecule has 2 atom stereocenters. The van der Waals surface area contributed by atoms with E-state index >= 15 is 0 Å². The van der Waals surface area contributed by atoms with Crippen molar-refractivity contribution < 1.29 is 4.74 Å². The van der Waals surface area contributed by atoms with Crippen LogP contribution in [0.15, 0.2) is 48.5 Å². The maximum atomic E-state index is 6.32. The Balaban J connectivity index is 1.80. The Morgan fingerprint density at radius 2 is 1.95 bits per heavy atom. The highest BCUT2D eigenvalue weighted by Crippen LogP contribution is 2.45. The van der Waals surface area contributed by atoms with E-state index in [1.54, 1.807) is 0 Å². The Hall–Kier alpha value is -1.78. The summed E-state index contributed by atoms with van der Waals surface area (Å²) in [6.45, 7) is 2.08. The first-order valence-electron chi connectivity index (χ1n) is 7.21. The molecule has 22 heavy (non-hydrogen) atoms. The van der Waals surface area contributed by atoms with Crippen LogP contribution < -0.4 is 15.0 Å². The van der Waals surface area contributed by atoms with Gasteiger partial charge in [-0.25, -0.2) is 0 Å². The van der Waals surface area contributed by atoms with Gasteiger partial charge in [0.25, 0.3) is 0 Å². The summed E-state index contributed by atoms with van der Waals surface area (Å²) in [6, 6.07) is 16.0. The number of fused-ring (bicyclic) bond motifs is 4. The van der Waals surface area contributed by atoms with Crippen LogP contribution in [0.3, 0.4) is 0 Å². The lowest BCUT2D eigenvalue weighted by atomic mass is 9.90. The monoisotopic (exact) mass is 330 g/mol. The third kappa shape index (κ3) is 2.06. The summed E-state index contributed by atoms with van der Waals surface area (Å²) in [6.07, 6.45) is 0.826. The van der Waals surface area contributed by atoms with Gasteiger partial charge in [-0.05, 0) is 49.5 Å². The number of para-hydroxylation sites is 1. The van der Waals surface area contributed by atoms with Crippen LogP contribution in [0.2, 0.25) is 5.02 Å². The van der Waals surface area contributed by atoms with E-state index in [9.17, 15) is 0 Å². The molecular weight excluding hydrogens is 316 g/mol. The van der Waals surface area contributed by atoms with E-state index in [0.29, 0.717) is 10.1 Å². The fraction of sp³-hybridized carbons (Fsp3) is 0.235. The number of ether oxygens (including phenoxy) is 1. The first-order chi connectivity index (χ1) is 10.6. The maximum absolute atomic E-state index is 6.32. The molecule has 3 nitrogen and oxygen atoms in total. The summed E-state index contributed by atoms with van der Waals surface area (Å²) >= 11 is 11.6. The lowest BCUT2D eigenvalue weighted by Gasteiger charge is -2.52. The highest BCUT2D eigenvalue weighted by Gasteiger charge is 2.48. The Bertz CT molecular complexity index is 749. The van der Waals surface area contributed by atoms with Gasteiger partial charge < -0.3 is 10.1 Å². The van der Waals surface area contributed by atoms with Crippen molar-refractivity contribution >= 4 is 34.6 Å². The van der Waals surface area contributed by atoms with Crippen LogP contribution in [-0.4, -0.2) is 10.8 Å². The molecule has 0 aromatic heterocycles. The van der Waals surface area contributed by atoms with Crippen molar-refractivity contribution in [2.75, 3.05) is 4.90 Å². The van der Waals surface area contributed by atoms with Crippen LogP contribution in [0.5, 0.6) is 5.75 Å². The lowest BCUT2D eigenvalue weighted by molar-refractivity contribution is 0.0498. The van der Waals surface area contributed by atoms with Crippen molar-refractivity contribution in [2.24, 2.45) is 0 Å². The largest absolute Gasteiger partial charge is 0.467 e. The van der Waals surface area contributed by atoms with E-state index < -0.39 is 5.72 Å². The summed E-state index contributed by atoms with van der Waals surface area (Å²) in [5, 5.41) is 4.82. The lowest BCUT2D eigenvalue weighted by Crippen LogP contribution is -2.65. The number of rotatable bonds is 1. The fourth-order valence-electron chi connectivity index (χ4n) is 3.30. The van der Waals surface area contributed by atoms with Gasteiger partial charge in [0.1, 0.15) is 5.75 Å². The molecule has 2 bridgehead atoms. The molecule has 2 aliphatic heterocycles. The highest BCUT2D eigenvalue weighted by molar-refractivity contribution is 7.80. The number of halogens is 1. The Morgan fingerprint density at radius 1 is 1.23 bits per heavy atom. The molecule has 0 aliphatic carbocycles. The zero-order valence-corrected chi connectivity index (χ0v) is 13.6. The van der Waals surface area contributed by atoms with Crippen molar-refractivity contribution in [1.29, 1.82) is 0 Å². The summed E-state index contributed by atoms with van der Waals surface area (Å²) < 4.78 is 6.32. The number of nitrogens with zero attached hydrogens (tertiary/aromatic N) is 1. The predicted molar refractivity (Wildman–Crippen MR) is 92.5 cm³/mol. The van der Waals surface area contributed by atoms with E-state index in [-0.39, 0.29) is 6.04 Å². The van der Waals surface area contributed by atoms with Gasteiger partial charge in [-0.15, -0.1) is 0 Å². The second kappa shape index (κ2) is 4.86. The zero-order valence-electron chi connectivity index (χ0n) is 12.0. The van der Waals surface area contributed by atoms with Gasteiger partial charge in [-0.2, -0.15) is 0 Å². The second-order valence-electron chi connectivity index (χ2n) is 5.83. The summed E-state index contributed by atoms with van der Waals surface area (Å²) in [4.78, 5) is 2.03. The number of anilines is 1. The van der Waals surface area contributed by atoms with Gasteiger partial charge >= 0.3 is 0 Å². The first-order valence-corrected chi connectivity index (χ1v) is 8.00. The fourth-order valence-corrected chi connectivity index (χ4v) is 3.87. The Labute approximate surface area is 139 Å². The number of nitrogens with one attached hydrogen (secondary N) is 1. The maximum Gasteiger partial charge on any atom is 0.188 e. The molecule has 2 heterocycles. The SMILES string of the molecule is CC12CC(NC(=S)N1c1ccc(Cl)cc1)c1ccccc1O2. The van der Waals surface area contributed by atoms with Crippen molar-refractivity contribution in [3.05, 3.63) is 59.1 Å². The normalized spacial score (nSPS) is 26.0. The van der Waals surface area contributed by atoms with Crippen LogP contribution in [0, 0.1) is 0 Å². The van der Waals surface area contributed by atoms with E-state index in [4.69, 9.17) is 28.6 Å². The Morgan fingerprint density at radius 3 is 2.73 bits per heavy atom. The summed E-state index contributed by atoms with van der Waals surface area (Å²) in [7, 11) is 0. The van der Waals surface area contributed by atoms with E-state index in [1.807, 2.05) is 47.4 Å². The topological polar surface area (TPSA) is 24.5 Å². The minimum absolute atomic E-state index is 0.186. The first kappa shape index (κ1) is 13.9. The van der Waals surface area contributed by atoms with Crippen molar-refractivity contribution in [3.8, 4) is 5.75 Å². The summed E-state index contributed by atoms with van der Waals surface area (Å²) in [5.41, 5.74) is 1.63. The number of hydrogen-bond donors (Lipinski definition) is 1. The highest BCUT2D eigenvalue weighted by atomic mass is 35.5. The van der Waals surface area contributed by atoms with Crippen molar-refractivity contribution in [1.82, 2.24) is 5.32 Å². The Kier molecular flexibility index (Phi) is 3.06. The molecule has 5 heteroatoms. The molecular formula is C17H15ClN2OS. The molecule has 2 unspecified atom stereocenters. The molecule has 0 saturated carbocycles. The zero-order chi connectivity index (χ0) is 15.3. The average molecular weight is 331 g/mol. The van der Waals surface area contributed by atoms with Gasteiger partial charge in [-0.1, -0.05) is 29.8 Å². The van der Waals surface area contributed by atoms with Gasteiger partial charge in [0.05, 0.1) is 6.04 Å². The third-order valence-electron chi connectivity index (χ3n) is 4.27.